The monoisotopic (exact) mass is 323 g/mol. The van der Waals surface area contributed by atoms with Crippen LogP contribution in [0.5, 0.6) is 0 Å². The Kier molecular flexibility index (Phi) is 5.14. The maximum atomic E-state index is 11.7. The number of anilines is 1. The number of halogens is 2. The Balaban J connectivity index is 1.92. The standard InChI is InChI=1S/C14H11Cl2N3O2/c15-10-5-11(16)7-12(6-10)19-14(21)13(20)18-8-9-1-3-17-4-2-9/h1-7H,8H2,(H,18,20)(H,19,21). The summed E-state index contributed by atoms with van der Waals surface area (Å²) in [5.74, 6) is -1.54. The van der Waals surface area contributed by atoms with Crippen LogP contribution in [0.15, 0.2) is 42.7 Å². The fraction of sp³-hybridized carbons (Fsp3) is 0.0714. The van der Waals surface area contributed by atoms with Crippen LogP contribution in [-0.2, 0) is 16.1 Å². The first-order chi connectivity index (χ1) is 10.0. The molecule has 1 aromatic carbocycles. The van der Waals surface area contributed by atoms with Crippen molar-refractivity contribution in [3.8, 4) is 0 Å². The number of carbonyl (C=O) groups excluding carboxylic acids is 2. The van der Waals surface area contributed by atoms with Gasteiger partial charge in [0.05, 0.1) is 0 Å². The molecule has 7 heteroatoms. The highest BCUT2D eigenvalue weighted by molar-refractivity contribution is 6.40. The van der Waals surface area contributed by atoms with Gasteiger partial charge in [0.15, 0.2) is 0 Å². The molecule has 2 amide bonds. The van der Waals surface area contributed by atoms with Crippen molar-refractivity contribution in [3.63, 3.8) is 0 Å². The van der Waals surface area contributed by atoms with E-state index in [4.69, 9.17) is 23.2 Å². The van der Waals surface area contributed by atoms with Gasteiger partial charge in [-0.25, -0.2) is 0 Å². The van der Waals surface area contributed by atoms with E-state index in [2.05, 4.69) is 15.6 Å². The highest BCUT2D eigenvalue weighted by atomic mass is 35.5. The van der Waals surface area contributed by atoms with Crippen LogP contribution in [0, 0.1) is 0 Å². The van der Waals surface area contributed by atoms with E-state index in [1.54, 1.807) is 24.5 Å². The summed E-state index contributed by atoms with van der Waals surface area (Å²) in [6, 6.07) is 8.02. The molecule has 2 aromatic rings. The number of rotatable bonds is 3. The molecule has 0 saturated heterocycles. The number of pyridine rings is 1. The van der Waals surface area contributed by atoms with E-state index in [-0.39, 0.29) is 6.54 Å². The van der Waals surface area contributed by atoms with Crippen molar-refractivity contribution in [2.75, 3.05) is 5.32 Å². The number of aromatic nitrogens is 1. The zero-order valence-electron chi connectivity index (χ0n) is 10.8. The second kappa shape index (κ2) is 7.06. The topological polar surface area (TPSA) is 71.1 Å². The van der Waals surface area contributed by atoms with E-state index < -0.39 is 11.8 Å². The van der Waals surface area contributed by atoms with E-state index in [0.29, 0.717) is 15.7 Å². The van der Waals surface area contributed by atoms with Crippen LogP contribution >= 0.6 is 23.2 Å². The molecule has 0 atom stereocenters. The average Bonchev–Trinajstić information content (AvgIpc) is 2.44. The molecule has 0 aliphatic carbocycles. The number of carbonyl (C=O) groups is 2. The van der Waals surface area contributed by atoms with Gasteiger partial charge in [-0.05, 0) is 35.9 Å². The molecular formula is C14H11Cl2N3O2. The van der Waals surface area contributed by atoms with Gasteiger partial charge in [-0.3, -0.25) is 14.6 Å². The normalized spacial score (nSPS) is 10.0. The van der Waals surface area contributed by atoms with Crippen LogP contribution in [0.1, 0.15) is 5.56 Å². The summed E-state index contributed by atoms with van der Waals surface area (Å²) < 4.78 is 0. The summed E-state index contributed by atoms with van der Waals surface area (Å²) in [5, 5.41) is 5.67. The van der Waals surface area contributed by atoms with Crippen molar-refractivity contribution in [1.29, 1.82) is 0 Å². The first kappa shape index (κ1) is 15.3. The maximum Gasteiger partial charge on any atom is 0.313 e. The lowest BCUT2D eigenvalue weighted by atomic mass is 10.2. The maximum absolute atomic E-state index is 11.7. The number of hydrogen-bond acceptors (Lipinski definition) is 3. The summed E-state index contributed by atoms with van der Waals surface area (Å²) in [5.41, 5.74) is 1.20. The van der Waals surface area contributed by atoms with Gasteiger partial charge in [-0.1, -0.05) is 23.2 Å². The zero-order valence-corrected chi connectivity index (χ0v) is 12.3. The molecule has 0 aliphatic heterocycles. The molecule has 21 heavy (non-hydrogen) atoms. The Bertz CT molecular complexity index is 642. The minimum absolute atomic E-state index is 0.241. The first-order valence-corrected chi connectivity index (χ1v) is 6.74. The second-order valence-electron chi connectivity index (χ2n) is 4.15. The Labute approximate surface area is 131 Å². The van der Waals surface area contributed by atoms with Gasteiger partial charge in [0, 0.05) is 34.7 Å². The van der Waals surface area contributed by atoms with Crippen LogP contribution in [0.2, 0.25) is 10.0 Å². The lowest BCUT2D eigenvalue weighted by Gasteiger charge is -2.07. The third-order valence-electron chi connectivity index (χ3n) is 2.53. The third-order valence-corrected chi connectivity index (χ3v) is 2.97. The second-order valence-corrected chi connectivity index (χ2v) is 5.02. The van der Waals surface area contributed by atoms with E-state index >= 15 is 0 Å². The number of hydrogen-bond donors (Lipinski definition) is 2. The number of benzene rings is 1. The number of amides is 2. The molecule has 5 nitrogen and oxygen atoms in total. The largest absolute Gasteiger partial charge is 0.344 e. The highest BCUT2D eigenvalue weighted by Crippen LogP contribution is 2.22. The molecule has 0 spiro atoms. The summed E-state index contributed by atoms with van der Waals surface area (Å²) >= 11 is 11.6. The fourth-order valence-electron chi connectivity index (χ4n) is 1.58. The van der Waals surface area contributed by atoms with E-state index in [1.807, 2.05) is 0 Å². The van der Waals surface area contributed by atoms with Crippen molar-refractivity contribution in [2.24, 2.45) is 0 Å². The van der Waals surface area contributed by atoms with Crippen LogP contribution < -0.4 is 10.6 Å². The molecule has 2 rings (SSSR count). The molecule has 0 radical (unpaired) electrons. The predicted octanol–water partition coefficient (Wildman–Crippen LogP) is 2.64. The summed E-state index contributed by atoms with van der Waals surface area (Å²) in [6.45, 7) is 0.241. The SMILES string of the molecule is O=C(NCc1ccncc1)C(=O)Nc1cc(Cl)cc(Cl)c1. The Morgan fingerprint density at radius 2 is 1.62 bits per heavy atom. The Morgan fingerprint density at radius 3 is 2.24 bits per heavy atom. The van der Waals surface area contributed by atoms with E-state index in [0.717, 1.165) is 5.56 Å². The average molecular weight is 324 g/mol. The molecule has 1 aromatic heterocycles. The van der Waals surface area contributed by atoms with E-state index in [1.165, 1.54) is 18.2 Å². The minimum Gasteiger partial charge on any atom is -0.344 e. The molecule has 0 aliphatic rings. The van der Waals surface area contributed by atoms with Gasteiger partial charge in [-0.15, -0.1) is 0 Å². The molecule has 0 fully saturated rings. The van der Waals surface area contributed by atoms with Crippen molar-refractivity contribution >= 4 is 40.7 Å². The van der Waals surface area contributed by atoms with Gasteiger partial charge in [0.1, 0.15) is 0 Å². The van der Waals surface area contributed by atoms with Crippen LogP contribution in [0.4, 0.5) is 5.69 Å². The predicted molar refractivity (Wildman–Crippen MR) is 81.2 cm³/mol. The van der Waals surface area contributed by atoms with Crippen molar-refractivity contribution in [2.45, 2.75) is 6.54 Å². The molecule has 108 valence electrons. The van der Waals surface area contributed by atoms with E-state index in [9.17, 15) is 9.59 Å². The molecule has 0 bridgehead atoms. The first-order valence-electron chi connectivity index (χ1n) is 5.99. The molecular weight excluding hydrogens is 313 g/mol. The lowest BCUT2D eigenvalue weighted by Crippen LogP contribution is -2.34. The summed E-state index contributed by atoms with van der Waals surface area (Å²) in [4.78, 5) is 27.3. The van der Waals surface area contributed by atoms with Gasteiger partial charge in [0.25, 0.3) is 0 Å². The van der Waals surface area contributed by atoms with Crippen molar-refractivity contribution in [3.05, 3.63) is 58.3 Å². The van der Waals surface area contributed by atoms with Crippen molar-refractivity contribution in [1.82, 2.24) is 10.3 Å². The molecule has 0 unspecified atom stereocenters. The summed E-state index contributed by atoms with van der Waals surface area (Å²) in [7, 11) is 0. The lowest BCUT2D eigenvalue weighted by molar-refractivity contribution is -0.136. The van der Waals surface area contributed by atoms with Gasteiger partial charge < -0.3 is 10.6 Å². The van der Waals surface area contributed by atoms with Crippen LogP contribution in [0.3, 0.4) is 0 Å². The van der Waals surface area contributed by atoms with Gasteiger partial charge >= 0.3 is 11.8 Å². The molecule has 1 heterocycles. The number of nitrogens with zero attached hydrogens (tertiary/aromatic N) is 1. The Hall–Kier alpha value is -2.11. The molecule has 0 saturated carbocycles. The van der Waals surface area contributed by atoms with Crippen LogP contribution in [-0.4, -0.2) is 16.8 Å². The van der Waals surface area contributed by atoms with Gasteiger partial charge in [-0.2, -0.15) is 0 Å². The third kappa shape index (κ3) is 4.73. The van der Waals surface area contributed by atoms with Crippen LogP contribution in [0.25, 0.3) is 0 Å². The smallest absolute Gasteiger partial charge is 0.313 e. The van der Waals surface area contributed by atoms with Crippen molar-refractivity contribution < 1.29 is 9.59 Å². The Morgan fingerprint density at radius 1 is 1.00 bits per heavy atom. The fourth-order valence-corrected chi connectivity index (χ4v) is 2.10. The highest BCUT2D eigenvalue weighted by Gasteiger charge is 2.13. The number of nitrogens with one attached hydrogen (secondary N) is 2. The minimum atomic E-state index is -0.789. The van der Waals surface area contributed by atoms with Gasteiger partial charge in [0.2, 0.25) is 0 Å². The quantitative estimate of drug-likeness (QED) is 0.853. The zero-order chi connectivity index (χ0) is 15.2. The molecule has 2 N–H and O–H groups in total. The summed E-state index contributed by atoms with van der Waals surface area (Å²) in [6.07, 6.45) is 3.21.